The molecule has 1 atom stereocenters. The third kappa shape index (κ3) is 4.90. The Balaban J connectivity index is 2.45. The smallest absolute Gasteiger partial charge is 0.306 e. The van der Waals surface area contributed by atoms with Crippen molar-refractivity contribution >= 4 is 29.3 Å². The second kappa shape index (κ2) is 6.81. The molecule has 2 nitrogen and oxygen atoms in total. The highest BCUT2D eigenvalue weighted by atomic mass is 35.5. The van der Waals surface area contributed by atoms with E-state index in [-0.39, 0.29) is 11.2 Å². The quantitative estimate of drug-likeness (QED) is 0.594. The Morgan fingerprint density at radius 1 is 1.56 bits per heavy atom. The summed E-state index contributed by atoms with van der Waals surface area (Å²) in [5.74, 6) is -0.149. The van der Waals surface area contributed by atoms with Crippen molar-refractivity contribution in [2.45, 2.75) is 30.4 Å². The molecule has 0 saturated heterocycles. The Morgan fingerprint density at radius 3 is 2.94 bits per heavy atom. The van der Waals surface area contributed by atoms with E-state index in [1.807, 2.05) is 38.1 Å². The molecule has 0 aliphatic carbocycles. The first-order valence-corrected chi connectivity index (χ1v) is 6.45. The van der Waals surface area contributed by atoms with Crippen LogP contribution < -0.4 is 0 Å². The highest BCUT2D eigenvalue weighted by molar-refractivity contribution is 8.00. The van der Waals surface area contributed by atoms with Gasteiger partial charge in [-0.05, 0) is 25.1 Å². The van der Waals surface area contributed by atoms with Gasteiger partial charge in [-0.1, -0.05) is 24.6 Å². The number of benzene rings is 1. The van der Waals surface area contributed by atoms with Gasteiger partial charge in [0.2, 0.25) is 0 Å². The molecule has 0 aliphatic rings. The molecule has 1 aromatic carbocycles. The zero-order valence-corrected chi connectivity index (χ0v) is 11.0. The van der Waals surface area contributed by atoms with Gasteiger partial charge in [-0.3, -0.25) is 4.79 Å². The number of carbonyl (C=O) groups is 1. The van der Waals surface area contributed by atoms with E-state index < -0.39 is 0 Å². The summed E-state index contributed by atoms with van der Waals surface area (Å²) in [5.41, 5.74) is 0. The zero-order valence-electron chi connectivity index (χ0n) is 9.40. The Labute approximate surface area is 105 Å². The van der Waals surface area contributed by atoms with Crippen LogP contribution in [0.1, 0.15) is 20.3 Å². The number of hydrogen-bond donors (Lipinski definition) is 0. The molecule has 0 heterocycles. The van der Waals surface area contributed by atoms with Gasteiger partial charge >= 0.3 is 5.97 Å². The van der Waals surface area contributed by atoms with Crippen LogP contribution in [0.3, 0.4) is 0 Å². The average molecular weight is 259 g/mol. The topological polar surface area (TPSA) is 26.3 Å². The van der Waals surface area contributed by atoms with Crippen LogP contribution in [0.15, 0.2) is 29.2 Å². The zero-order chi connectivity index (χ0) is 12.0. The second-order valence-corrected chi connectivity index (χ2v) is 5.34. The molecule has 0 bridgehead atoms. The first-order chi connectivity index (χ1) is 7.61. The highest BCUT2D eigenvalue weighted by Gasteiger charge is 2.11. The molecule has 0 amide bonds. The molecular weight excluding hydrogens is 244 g/mol. The van der Waals surface area contributed by atoms with Gasteiger partial charge in [0, 0.05) is 15.2 Å². The third-order valence-electron chi connectivity index (χ3n) is 1.89. The molecule has 0 aromatic heterocycles. The van der Waals surface area contributed by atoms with E-state index in [2.05, 4.69) is 0 Å². The summed E-state index contributed by atoms with van der Waals surface area (Å²) in [6.07, 6.45) is 0.422. The van der Waals surface area contributed by atoms with Crippen molar-refractivity contribution in [2.75, 3.05) is 6.61 Å². The van der Waals surface area contributed by atoms with Crippen molar-refractivity contribution in [1.82, 2.24) is 0 Å². The first kappa shape index (κ1) is 13.4. The van der Waals surface area contributed by atoms with Crippen molar-refractivity contribution in [1.29, 1.82) is 0 Å². The predicted molar refractivity (Wildman–Crippen MR) is 68.0 cm³/mol. The minimum absolute atomic E-state index is 0.149. The maximum Gasteiger partial charge on any atom is 0.306 e. The molecule has 0 aliphatic heterocycles. The van der Waals surface area contributed by atoms with Crippen molar-refractivity contribution in [3.63, 3.8) is 0 Å². The molecule has 0 N–H and O–H groups in total. The van der Waals surface area contributed by atoms with Crippen LogP contribution in [0.25, 0.3) is 0 Å². The number of rotatable bonds is 5. The monoisotopic (exact) mass is 258 g/mol. The van der Waals surface area contributed by atoms with E-state index in [0.717, 1.165) is 4.90 Å². The Morgan fingerprint density at radius 2 is 2.31 bits per heavy atom. The van der Waals surface area contributed by atoms with Crippen LogP contribution in [0.5, 0.6) is 0 Å². The van der Waals surface area contributed by atoms with Gasteiger partial charge in [-0.15, -0.1) is 11.8 Å². The number of halogens is 1. The fraction of sp³-hybridized carbons (Fsp3) is 0.417. The number of thioether (sulfide) groups is 1. The summed E-state index contributed by atoms with van der Waals surface area (Å²) >= 11 is 7.51. The molecule has 16 heavy (non-hydrogen) atoms. The van der Waals surface area contributed by atoms with Gasteiger partial charge in [0.1, 0.15) is 0 Å². The molecule has 0 spiro atoms. The van der Waals surface area contributed by atoms with Crippen molar-refractivity contribution in [3.8, 4) is 0 Å². The lowest BCUT2D eigenvalue weighted by molar-refractivity contribution is -0.142. The molecule has 4 heteroatoms. The minimum Gasteiger partial charge on any atom is -0.466 e. The molecule has 1 rings (SSSR count). The first-order valence-electron chi connectivity index (χ1n) is 5.19. The molecular formula is C12H15ClO2S. The summed E-state index contributed by atoms with van der Waals surface area (Å²) in [4.78, 5) is 12.3. The second-order valence-electron chi connectivity index (χ2n) is 3.39. The summed E-state index contributed by atoms with van der Waals surface area (Å²) in [6.45, 7) is 4.25. The number of esters is 1. The SMILES string of the molecule is CCOC(=O)CC(C)Sc1cccc(Cl)c1. The van der Waals surface area contributed by atoms with Crippen LogP contribution in [-0.4, -0.2) is 17.8 Å². The highest BCUT2D eigenvalue weighted by Crippen LogP contribution is 2.27. The van der Waals surface area contributed by atoms with Gasteiger partial charge in [-0.2, -0.15) is 0 Å². The number of carbonyl (C=O) groups excluding carboxylic acids is 1. The summed E-state index contributed by atoms with van der Waals surface area (Å²) in [6, 6.07) is 7.62. The van der Waals surface area contributed by atoms with Gasteiger partial charge in [0.15, 0.2) is 0 Å². The van der Waals surface area contributed by atoms with Crippen LogP contribution in [0.2, 0.25) is 5.02 Å². The average Bonchev–Trinajstić information content (AvgIpc) is 2.17. The lowest BCUT2D eigenvalue weighted by atomic mass is 10.3. The van der Waals surface area contributed by atoms with E-state index >= 15 is 0 Å². The molecule has 0 fully saturated rings. The van der Waals surface area contributed by atoms with Gasteiger partial charge in [-0.25, -0.2) is 0 Å². The van der Waals surface area contributed by atoms with Gasteiger partial charge in [0.25, 0.3) is 0 Å². The van der Waals surface area contributed by atoms with Crippen molar-refractivity contribution in [2.24, 2.45) is 0 Å². The summed E-state index contributed by atoms with van der Waals surface area (Å²) in [5, 5.41) is 0.908. The van der Waals surface area contributed by atoms with Crippen LogP contribution in [-0.2, 0) is 9.53 Å². The van der Waals surface area contributed by atoms with E-state index in [9.17, 15) is 4.79 Å². The van der Waals surface area contributed by atoms with Gasteiger partial charge < -0.3 is 4.74 Å². The maximum absolute atomic E-state index is 11.2. The van der Waals surface area contributed by atoms with Crippen molar-refractivity contribution in [3.05, 3.63) is 29.3 Å². The predicted octanol–water partition coefficient (Wildman–Crippen LogP) is 3.77. The molecule has 88 valence electrons. The molecule has 1 unspecified atom stereocenters. The minimum atomic E-state index is -0.149. The molecule has 0 saturated carbocycles. The molecule has 1 aromatic rings. The maximum atomic E-state index is 11.2. The van der Waals surface area contributed by atoms with Crippen LogP contribution in [0.4, 0.5) is 0 Å². The Bertz CT molecular complexity index is 355. The largest absolute Gasteiger partial charge is 0.466 e. The van der Waals surface area contributed by atoms with E-state index in [0.29, 0.717) is 18.1 Å². The Kier molecular flexibility index (Phi) is 5.71. The molecule has 0 radical (unpaired) electrons. The normalized spacial score (nSPS) is 12.2. The van der Waals surface area contributed by atoms with Crippen LogP contribution >= 0.6 is 23.4 Å². The fourth-order valence-corrected chi connectivity index (χ4v) is 2.56. The van der Waals surface area contributed by atoms with Crippen LogP contribution in [0, 0.1) is 0 Å². The standard InChI is InChI=1S/C12H15ClO2S/c1-3-15-12(14)7-9(2)16-11-6-4-5-10(13)8-11/h4-6,8-9H,3,7H2,1-2H3. The number of ether oxygens (including phenoxy) is 1. The number of hydrogen-bond acceptors (Lipinski definition) is 3. The van der Waals surface area contributed by atoms with E-state index in [1.54, 1.807) is 11.8 Å². The fourth-order valence-electron chi connectivity index (χ4n) is 1.27. The lowest BCUT2D eigenvalue weighted by Crippen LogP contribution is -2.10. The van der Waals surface area contributed by atoms with E-state index in [4.69, 9.17) is 16.3 Å². The van der Waals surface area contributed by atoms with E-state index in [1.165, 1.54) is 0 Å². The van der Waals surface area contributed by atoms with Crippen molar-refractivity contribution < 1.29 is 9.53 Å². The lowest BCUT2D eigenvalue weighted by Gasteiger charge is -2.10. The van der Waals surface area contributed by atoms with Gasteiger partial charge in [0.05, 0.1) is 13.0 Å². The summed E-state index contributed by atoms with van der Waals surface area (Å²) < 4.78 is 4.90. The summed E-state index contributed by atoms with van der Waals surface area (Å²) in [7, 11) is 0. The third-order valence-corrected chi connectivity index (χ3v) is 3.22. The Hall–Kier alpha value is -0.670.